The van der Waals surface area contributed by atoms with Crippen molar-refractivity contribution >= 4 is 11.6 Å². The Labute approximate surface area is 120 Å². The minimum atomic E-state index is -1.42. The van der Waals surface area contributed by atoms with E-state index >= 15 is 0 Å². The van der Waals surface area contributed by atoms with Gasteiger partial charge in [-0.1, -0.05) is 0 Å². The molecule has 0 spiro atoms. The SMILES string of the molecule is CC1CN(C)CCN1C(=O)c1c(F)ccc([N+](=O)[O-])c1F. The molecule has 1 aromatic rings. The summed E-state index contributed by atoms with van der Waals surface area (Å²) < 4.78 is 27.8. The highest BCUT2D eigenvalue weighted by atomic mass is 19.1. The lowest BCUT2D eigenvalue weighted by Crippen LogP contribution is -2.53. The average Bonchev–Trinajstić information content (AvgIpc) is 2.37. The van der Waals surface area contributed by atoms with Crippen molar-refractivity contribution in [2.45, 2.75) is 13.0 Å². The Morgan fingerprint density at radius 1 is 1.38 bits per heavy atom. The highest BCUT2D eigenvalue weighted by Crippen LogP contribution is 2.25. The van der Waals surface area contributed by atoms with Crippen LogP contribution in [0.15, 0.2) is 12.1 Å². The molecule has 1 heterocycles. The minimum absolute atomic E-state index is 0.227. The van der Waals surface area contributed by atoms with E-state index in [1.54, 1.807) is 6.92 Å². The van der Waals surface area contributed by atoms with Gasteiger partial charge in [0.05, 0.1) is 4.92 Å². The predicted octanol–water partition coefficient (Wildman–Crippen LogP) is 1.65. The van der Waals surface area contributed by atoms with Crippen molar-refractivity contribution in [3.8, 4) is 0 Å². The third-order valence-corrected chi connectivity index (χ3v) is 3.57. The first-order valence-electron chi connectivity index (χ1n) is 6.44. The number of amides is 1. The number of rotatable bonds is 2. The summed E-state index contributed by atoms with van der Waals surface area (Å²) in [6.07, 6.45) is 0. The predicted molar refractivity (Wildman–Crippen MR) is 71.0 cm³/mol. The number of piperazine rings is 1. The topological polar surface area (TPSA) is 66.7 Å². The summed E-state index contributed by atoms with van der Waals surface area (Å²) in [5, 5.41) is 10.7. The fourth-order valence-corrected chi connectivity index (χ4v) is 2.46. The highest BCUT2D eigenvalue weighted by molar-refractivity contribution is 5.95. The second kappa shape index (κ2) is 5.72. The molecule has 1 aliphatic heterocycles. The second-order valence-electron chi connectivity index (χ2n) is 5.12. The first-order chi connectivity index (χ1) is 9.82. The van der Waals surface area contributed by atoms with E-state index in [1.807, 2.05) is 11.9 Å². The van der Waals surface area contributed by atoms with Crippen LogP contribution in [0.5, 0.6) is 0 Å². The van der Waals surface area contributed by atoms with Gasteiger partial charge in [-0.25, -0.2) is 4.39 Å². The van der Waals surface area contributed by atoms with Gasteiger partial charge in [0.2, 0.25) is 5.82 Å². The molecule has 114 valence electrons. The molecule has 1 aliphatic rings. The van der Waals surface area contributed by atoms with E-state index in [0.717, 1.165) is 12.1 Å². The van der Waals surface area contributed by atoms with Crippen LogP contribution in [-0.4, -0.2) is 53.4 Å². The van der Waals surface area contributed by atoms with Gasteiger partial charge in [-0.2, -0.15) is 4.39 Å². The Morgan fingerprint density at radius 3 is 2.62 bits per heavy atom. The van der Waals surface area contributed by atoms with E-state index in [4.69, 9.17) is 0 Å². The number of carbonyl (C=O) groups excluding carboxylic acids is 1. The summed E-state index contributed by atoms with van der Waals surface area (Å²) in [7, 11) is 1.88. The number of nitro benzene ring substituents is 1. The summed E-state index contributed by atoms with van der Waals surface area (Å²) in [6, 6.07) is 1.23. The van der Waals surface area contributed by atoms with Gasteiger partial charge in [0.1, 0.15) is 11.4 Å². The number of halogens is 2. The number of benzene rings is 1. The molecule has 1 aromatic carbocycles. The molecule has 0 radical (unpaired) electrons. The van der Waals surface area contributed by atoms with E-state index in [2.05, 4.69) is 0 Å². The summed E-state index contributed by atoms with van der Waals surface area (Å²) >= 11 is 0. The number of carbonyl (C=O) groups is 1. The quantitative estimate of drug-likeness (QED) is 0.615. The van der Waals surface area contributed by atoms with Crippen LogP contribution in [0.2, 0.25) is 0 Å². The Morgan fingerprint density at radius 2 is 2.05 bits per heavy atom. The lowest BCUT2D eigenvalue weighted by atomic mass is 10.1. The zero-order chi connectivity index (χ0) is 15.7. The average molecular weight is 299 g/mol. The number of hydrogen-bond donors (Lipinski definition) is 0. The molecule has 0 saturated carbocycles. The van der Waals surface area contributed by atoms with Crippen molar-refractivity contribution in [1.29, 1.82) is 0 Å². The molecular weight excluding hydrogens is 284 g/mol. The zero-order valence-electron chi connectivity index (χ0n) is 11.7. The van der Waals surface area contributed by atoms with Crippen molar-refractivity contribution in [3.63, 3.8) is 0 Å². The number of nitrogens with zero attached hydrogens (tertiary/aromatic N) is 3. The van der Waals surface area contributed by atoms with Crippen molar-refractivity contribution in [3.05, 3.63) is 39.4 Å². The van der Waals surface area contributed by atoms with Gasteiger partial charge in [-0.3, -0.25) is 14.9 Å². The molecule has 1 unspecified atom stereocenters. The lowest BCUT2D eigenvalue weighted by Gasteiger charge is -2.38. The Balaban J connectivity index is 2.39. The van der Waals surface area contributed by atoms with Crippen LogP contribution < -0.4 is 0 Å². The Bertz CT molecular complexity index is 594. The summed E-state index contributed by atoms with van der Waals surface area (Å²) in [5.74, 6) is -3.36. The van der Waals surface area contributed by atoms with Crippen LogP contribution in [0.1, 0.15) is 17.3 Å². The van der Waals surface area contributed by atoms with Crippen LogP contribution in [0.4, 0.5) is 14.5 Å². The maximum atomic E-state index is 14.1. The molecule has 8 heteroatoms. The molecular formula is C13H15F2N3O3. The van der Waals surface area contributed by atoms with Gasteiger partial charge >= 0.3 is 5.69 Å². The fourth-order valence-electron chi connectivity index (χ4n) is 2.46. The third-order valence-electron chi connectivity index (χ3n) is 3.57. The summed E-state index contributed by atoms with van der Waals surface area (Å²) in [6.45, 7) is 3.23. The van der Waals surface area contributed by atoms with Gasteiger partial charge in [0.25, 0.3) is 5.91 Å². The molecule has 2 rings (SSSR count). The highest BCUT2D eigenvalue weighted by Gasteiger charge is 2.33. The monoisotopic (exact) mass is 299 g/mol. The minimum Gasteiger partial charge on any atom is -0.333 e. The molecule has 0 N–H and O–H groups in total. The maximum Gasteiger partial charge on any atom is 0.305 e. The maximum absolute atomic E-state index is 14.1. The van der Waals surface area contributed by atoms with Crippen molar-refractivity contribution in [2.24, 2.45) is 0 Å². The largest absolute Gasteiger partial charge is 0.333 e. The molecule has 0 bridgehead atoms. The van der Waals surface area contributed by atoms with Crippen LogP contribution in [0.25, 0.3) is 0 Å². The van der Waals surface area contributed by atoms with E-state index in [0.29, 0.717) is 19.6 Å². The molecule has 1 saturated heterocycles. The number of likely N-dealkylation sites (N-methyl/N-ethyl adjacent to an activating group) is 1. The Kier molecular flexibility index (Phi) is 4.17. The summed E-state index contributed by atoms with van der Waals surface area (Å²) in [4.78, 5) is 25.4. The third kappa shape index (κ3) is 2.85. The molecule has 0 aromatic heterocycles. The van der Waals surface area contributed by atoms with Crippen molar-refractivity contribution in [1.82, 2.24) is 9.80 Å². The number of nitro groups is 1. The van der Waals surface area contributed by atoms with Crippen LogP contribution in [-0.2, 0) is 0 Å². The zero-order valence-corrected chi connectivity index (χ0v) is 11.7. The first-order valence-corrected chi connectivity index (χ1v) is 6.44. The Hall–Kier alpha value is -2.09. The normalized spacial score (nSPS) is 19.6. The van der Waals surface area contributed by atoms with Gasteiger partial charge in [-0.15, -0.1) is 0 Å². The van der Waals surface area contributed by atoms with E-state index < -0.39 is 33.7 Å². The first kappa shape index (κ1) is 15.3. The second-order valence-corrected chi connectivity index (χ2v) is 5.12. The van der Waals surface area contributed by atoms with Gasteiger partial charge in [0, 0.05) is 31.7 Å². The van der Waals surface area contributed by atoms with Gasteiger partial charge in [0.15, 0.2) is 0 Å². The number of hydrogen-bond acceptors (Lipinski definition) is 4. The molecule has 6 nitrogen and oxygen atoms in total. The molecule has 21 heavy (non-hydrogen) atoms. The standard InChI is InChI=1S/C13H15F2N3O3/c1-8-7-16(2)5-6-17(8)13(19)11-9(14)3-4-10(12(11)15)18(20)21/h3-4,8H,5-7H2,1-2H3. The van der Waals surface area contributed by atoms with Crippen LogP contribution in [0, 0.1) is 21.7 Å². The van der Waals surface area contributed by atoms with E-state index in [-0.39, 0.29) is 6.04 Å². The van der Waals surface area contributed by atoms with Crippen LogP contribution >= 0.6 is 0 Å². The fraction of sp³-hybridized carbons (Fsp3) is 0.462. The van der Waals surface area contributed by atoms with Gasteiger partial charge < -0.3 is 9.80 Å². The molecule has 1 amide bonds. The van der Waals surface area contributed by atoms with Crippen molar-refractivity contribution in [2.75, 3.05) is 26.7 Å². The lowest BCUT2D eigenvalue weighted by molar-refractivity contribution is -0.387. The molecule has 1 fully saturated rings. The summed E-state index contributed by atoms with van der Waals surface area (Å²) in [5.41, 5.74) is -1.76. The van der Waals surface area contributed by atoms with Crippen molar-refractivity contribution < 1.29 is 18.5 Å². The molecule has 1 atom stereocenters. The molecule has 0 aliphatic carbocycles. The van der Waals surface area contributed by atoms with Crippen LogP contribution in [0.3, 0.4) is 0 Å². The van der Waals surface area contributed by atoms with E-state index in [1.165, 1.54) is 4.90 Å². The van der Waals surface area contributed by atoms with E-state index in [9.17, 15) is 23.7 Å². The van der Waals surface area contributed by atoms with Gasteiger partial charge in [-0.05, 0) is 20.0 Å². The smallest absolute Gasteiger partial charge is 0.305 e.